The molecule has 0 radical (unpaired) electrons. The number of hydrogen-bond acceptors (Lipinski definition) is 4. The van der Waals surface area contributed by atoms with E-state index in [1.807, 2.05) is 24.3 Å². The normalized spacial score (nSPS) is 23.0. The summed E-state index contributed by atoms with van der Waals surface area (Å²) in [4.78, 5) is 37.9. The summed E-state index contributed by atoms with van der Waals surface area (Å²) in [7, 11) is 0. The molecule has 1 saturated carbocycles. The van der Waals surface area contributed by atoms with E-state index in [9.17, 15) is 14.4 Å². The van der Waals surface area contributed by atoms with Crippen molar-refractivity contribution in [3.05, 3.63) is 59.7 Å². The molecule has 0 bridgehead atoms. The molecule has 2 aromatic rings. The molecule has 172 valence electrons. The predicted octanol–water partition coefficient (Wildman–Crippen LogP) is 3.63. The van der Waals surface area contributed by atoms with Gasteiger partial charge in [-0.2, -0.15) is 0 Å². The molecule has 3 aliphatic rings. The van der Waals surface area contributed by atoms with Crippen molar-refractivity contribution in [2.24, 2.45) is 11.8 Å². The second-order valence-corrected chi connectivity index (χ2v) is 9.23. The Balaban J connectivity index is 1.11. The van der Waals surface area contributed by atoms with E-state index in [0.717, 1.165) is 19.3 Å². The third kappa shape index (κ3) is 4.32. The number of nitrogens with zero attached hydrogens (tertiary/aromatic N) is 1. The number of carbonyl (C=O) groups excluding carboxylic acids is 2. The Labute approximate surface area is 192 Å². The first kappa shape index (κ1) is 21.5. The standard InChI is InChI=1S/C26H28N2O5/c29-24(30)13-17-6-5-11-28(17)25(31)22-12-16(22)14-27-26(32)33-15-23-20-9-3-1-7-18(20)19-8-2-4-10-21(19)23/h1-4,7-10,16-17,22-23H,5-6,11-15H2,(H,27,32)(H,29,30)/t16-,17-,22-/m0/s1. The molecule has 3 atom stereocenters. The molecule has 2 amide bonds. The van der Waals surface area contributed by atoms with Crippen LogP contribution in [0.2, 0.25) is 0 Å². The maximum Gasteiger partial charge on any atom is 0.407 e. The van der Waals surface area contributed by atoms with E-state index >= 15 is 0 Å². The Morgan fingerprint density at radius 2 is 1.70 bits per heavy atom. The number of carboxylic acids is 1. The topological polar surface area (TPSA) is 95.9 Å². The minimum atomic E-state index is -0.871. The van der Waals surface area contributed by atoms with E-state index in [0.29, 0.717) is 13.1 Å². The van der Waals surface area contributed by atoms with E-state index in [-0.39, 0.29) is 42.7 Å². The second-order valence-electron chi connectivity index (χ2n) is 9.23. The number of carbonyl (C=O) groups is 3. The van der Waals surface area contributed by atoms with Gasteiger partial charge in [0.1, 0.15) is 6.61 Å². The lowest BCUT2D eigenvalue weighted by molar-refractivity contribution is -0.140. The first-order chi connectivity index (χ1) is 16.0. The number of hydrogen-bond donors (Lipinski definition) is 2. The fourth-order valence-electron chi connectivity index (χ4n) is 5.39. The third-order valence-corrected chi connectivity index (χ3v) is 7.16. The van der Waals surface area contributed by atoms with Gasteiger partial charge in [0, 0.05) is 31.0 Å². The van der Waals surface area contributed by atoms with Gasteiger partial charge in [-0.15, -0.1) is 0 Å². The van der Waals surface area contributed by atoms with E-state index in [2.05, 4.69) is 29.6 Å². The summed E-state index contributed by atoms with van der Waals surface area (Å²) in [6.07, 6.45) is 1.84. The maximum atomic E-state index is 12.8. The highest BCUT2D eigenvalue weighted by Gasteiger charge is 2.47. The lowest BCUT2D eigenvalue weighted by atomic mass is 9.98. The van der Waals surface area contributed by atoms with Crippen LogP contribution in [-0.4, -0.2) is 53.7 Å². The smallest absolute Gasteiger partial charge is 0.407 e. The van der Waals surface area contributed by atoms with Crippen LogP contribution >= 0.6 is 0 Å². The number of carboxylic acid groups (broad SMARTS) is 1. The predicted molar refractivity (Wildman–Crippen MR) is 122 cm³/mol. The van der Waals surface area contributed by atoms with Crippen molar-refractivity contribution in [3.8, 4) is 11.1 Å². The number of amides is 2. The molecular weight excluding hydrogens is 420 g/mol. The van der Waals surface area contributed by atoms with Gasteiger partial charge in [-0.05, 0) is 47.4 Å². The van der Waals surface area contributed by atoms with E-state index < -0.39 is 12.1 Å². The number of alkyl carbamates (subject to hydrolysis) is 1. The van der Waals surface area contributed by atoms with Crippen molar-refractivity contribution in [1.29, 1.82) is 0 Å². The maximum absolute atomic E-state index is 12.8. The molecule has 0 aromatic heterocycles. The van der Waals surface area contributed by atoms with Crippen molar-refractivity contribution in [2.75, 3.05) is 19.7 Å². The summed E-state index contributed by atoms with van der Waals surface area (Å²) in [5.41, 5.74) is 4.70. The Morgan fingerprint density at radius 3 is 2.36 bits per heavy atom. The fourth-order valence-corrected chi connectivity index (χ4v) is 5.39. The van der Waals surface area contributed by atoms with E-state index in [4.69, 9.17) is 9.84 Å². The van der Waals surface area contributed by atoms with Crippen LogP contribution in [0.4, 0.5) is 4.79 Å². The summed E-state index contributed by atoms with van der Waals surface area (Å²) in [6.45, 7) is 1.28. The number of ether oxygens (including phenoxy) is 1. The van der Waals surface area contributed by atoms with Crippen molar-refractivity contribution >= 4 is 18.0 Å². The summed E-state index contributed by atoms with van der Waals surface area (Å²) in [5.74, 6) is -0.876. The molecule has 7 heteroatoms. The van der Waals surface area contributed by atoms with Gasteiger partial charge in [0.15, 0.2) is 0 Å². The lowest BCUT2D eigenvalue weighted by Crippen LogP contribution is -2.38. The van der Waals surface area contributed by atoms with Gasteiger partial charge in [0.2, 0.25) is 5.91 Å². The number of aliphatic carboxylic acids is 1. The zero-order valence-electron chi connectivity index (χ0n) is 18.4. The Kier molecular flexibility index (Phi) is 5.79. The monoisotopic (exact) mass is 448 g/mol. The van der Waals surface area contributed by atoms with Crippen molar-refractivity contribution in [2.45, 2.75) is 37.6 Å². The van der Waals surface area contributed by atoms with Gasteiger partial charge < -0.3 is 20.1 Å². The average molecular weight is 449 g/mol. The largest absolute Gasteiger partial charge is 0.481 e. The zero-order valence-corrected chi connectivity index (χ0v) is 18.4. The van der Waals surface area contributed by atoms with Gasteiger partial charge in [-0.25, -0.2) is 4.79 Å². The molecule has 0 spiro atoms. The van der Waals surface area contributed by atoms with Crippen LogP contribution in [0.5, 0.6) is 0 Å². The third-order valence-electron chi connectivity index (χ3n) is 7.16. The number of nitrogens with one attached hydrogen (secondary N) is 1. The summed E-state index contributed by atoms with van der Waals surface area (Å²) >= 11 is 0. The number of fused-ring (bicyclic) bond motifs is 3. The minimum Gasteiger partial charge on any atom is -0.481 e. The molecule has 2 aliphatic carbocycles. The number of benzene rings is 2. The van der Waals surface area contributed by atoms with Crippen LogP contribution in [0.15, 0.2) is 48.5 Å². The summed E-state index contributed by atoms with van der Waals surface area (Å²) < 4.78 is 5.56. The molecular formula is C26H28N2O5. The fraction of sp³-hybridized carbons (Fsp3) is 0.423. The highest BCUT2D eigenvalue weighted by molar-refractivity contribution is 5.83. The van der Waals surface area contributed by atoms with Gasteiger partial charge in [0.25, 0.3) is 0 Å². The van der Waals surface area contributed by atoms with Crippen LogP contribution in [0.25, 0.3) is 11.1 Å². The molecule has 2 N–H and O–H groups in total. The van der Waals surface area contributed by atoms with E-state index in [1.165, 1.54) is 22.3 Å². The SMILES string of the molecule is O=C(O)C[C@@H]1CCCN1C(=O)[C@H]1C[C@H]1CNC(=O)OCC1c2ccccc2-c2ccccc21. The highest BCUT2D eigenvalue weighted by atomic mass is 16.5. The minimum absolute atomic E-state index is 0.00112. The molecule has 2 aromatic carbocycles. The first-order valence-corrected chi connectivity index (χ1v) is 11.6. The van der Waals surface area contributed by atoms with Gasteiger partial charge in [0.05, 0.1) is 6.42 Å². The van der Waals surface area contributed by atoms with Crippen molar-refractivity contribution in [3.63, 3.8) is 0 Å². The van der Waals surface area contributed by atoms with Crippen LogP contribution in [0.1, 0.15) is 42.7 Å². The highest BCUT2D eigenvalue weighted by Crippen LogP contribution is 2.44. The molecule has 5 rings (SSSR count). The molecule has 1 saturated heterocycles. The van der Waals surface area contributed by atoms with Crippen molar-refractivity contribution < 1.29 is 24.2 Å². The summed E-state index contributed by atoms with van der Waals surface area (Å²) in [5, 5.41) is 11.9. The van der Waals surface area contributed by atoms with Crippen LogP contribution in [0.3, 0.4) is 0 Å². The van der Waals surface area contributed by atoms with Gasteiger partial charge >= 0.3 is 12.1 Å². The average Bonchev–Trinajstić information content (AvgIpc) is 3.33. The lowest BCUT2D eigenvalue weighted by Gasteiger charge is -2.23. The summed E-state index contributed by atoms with van der Waals surface area (Å²) in [6, 6.07) is 16.2. The van der Waals surface area contributed by atoms with Crippen molar-refractivity contribution in [1.82, 2.24) is 10.2 Å². The van der Waals surface area contributed by atoms with Crippen LogP contribution < -0.4 is 5.32 Å². The Bertz CT molecular complexity index is 1040. The Hall–Kier alpha value is -3.35. The molecule has 2 fully saturated rings. The quantitative estimate of drug-likeness (QED) is 0.674. The van der Waals surface area contributed by atoms with Crippen LogP contribution in [0, 0.1) is 11.8 Å². The zero-order chi connectivity index (χ0) is 22.9. The Morgan fingerprint density at radius 1 is 1.03 bits per heavy atom. The number of likely N-dealkylation sites (tertiary alicyclic amines) is 1. The first-order valence-electron chi connectivity index (χ1n) is 11.6. The molecule has 1 aliphatic heterocycles. The molecule has 33 heavy (non-hydrogen) atoms. The second kappa shape index (κ2) is 8.89. The number of rotatable bonds is 7. The van der Waals surface area contributed by atoms with E-state index in [1.54, 1.807) is 4.90 Å². The molecule has 1 heterocycles. The molecule has 0 unspecified atom stereocenters. The molecule has 7 nitrogen and oxygen atoms in total. The van der Waals surface area contributed by atoms with Gasteiger partial charge in [-0.1, -0.05) is 48.5 Å². The van der Waals surface area contributed by atoms with Crippen LogP contribution in [-0.2, 0) is 14.3 Å². The van der Waals surface area contributed by atoms with Gasteiger partial charge in [-0.3, -0.25) is 9.59 Å².